The van der Waals surface area contributed by atoms with Crippen LogP contribution in [0.4, 0.5) is 4.79 Å². The molecular weight excluding hydrogens is 204 g/mol. The summed E-state index contributed by atoms with van der Waals surface area (Å²) in [5, 5.41) is 11.7. The fourth-order valence-corrected chi connectivity index (χ4v) is 2.34. The number of likely N-dealkylation sites (tertiary alicyclic amines) is 1. The largest absolute Gasteiger partial charge is 0.396 e. The van der Waals surface area contributed by atoms with Crippen molar-refractivity contribution in [2.24, 2.45) is 0 Å². The lowest BCUT2D eigenvalue weighted by Gasteiger charge is -2.35. The van der Waals surface area contributed by atoms with Crippen LogP contribution in [0.1, 0.15) is 32.6 Å². The number of aliphatic hydroxyl groups is 1. The first kappa shape index (κ1) is 13.0. The van der Waals surface area contributed by atoms with Gasteiger partial charge < -0.3 is 15.3 Å². The number of nitrogens with one attached hydrogen (secondary N) is 1. The van der Waals surface area contributed by atoms with Crippen LogP contribution in [0.25, 0.3) is 0 Å². The fourth-order valence-electron chi connectivity index (χ4n) is 2.34. The van der Waals surface area contributed by atoms with Gasteiger partial charge in [-0.15, -0.1) is 6.58 Å². The second-order valence-electron chi connectivity index (χ2n) is 4.55. The van der Waals surface area contributed by atoms with Crippen molar-refractivity contribution in [1.82, 2.24) is 10.2 Å². The predicted molar refractivity (Wildman–Crippen MR) is 64.3 cm³/mol. The monoisotopic (exact) mass is 226 g/mol. The van der Waals surface area contributed by atoms with Crippen LogP contribution in [0.15, 0.2) is 12.7 Å². The number of rotatable bonds is 5. The summed E-state index contributed by atoms with van der Waals surface area (Å²) in [5.41, 5.74) is -0.0893. The first-order valence-electron chi connectivity index (χ1n) is 5.91. The topological polar surface area (TPSA) is 52.6 Å². The molecule has 0 aliphatic carbocycles. The molecule has 1 fully saturated rings. The number of amides is 2. The summed E-state index contributed by atoms with van der Waals surface area (Å²) in [6, 6.07) is -0.0159. The first-order chi connectivity index (χ1) is 7.64. The Morgan fingerprint density at radius 2 is 2.44 bits per heavy atom. The molecule has 0 radical (unpaired) electrons. The molecule has 2 amide bonds. The SMILES string of the molecule is C=CCNC(=O)N1CCC[C@@]1(C)CCCO. The van der Waals surface area contributed by atoms with Crippen molar-refractivity contribution in [3.05, 3.63) is 12.7 Å². The van der Waals surface area contributed by atoms with Crippen molar-refractivity contribution in [2.45, 2.75) is 38.1 Å². The highest BCUT2D eigenvalue weighted by atomic mass is 16.3. The Kier molecular flexibility index (Phi) is 4.80. The molecule has 0 saturated carbocycles. The zero-order valence-electron chi connectivity index (χ0n) is 10.0. The molecule has 4 nitrogen and oxygen atoms in total. The molecule has 1 heterocycles. The van der Waals surface area contributed by atoms with Gasteiger partial charge in [0, 0.05) is 25.2 Å². The molecule has 0 spiro atoms. The van der Waals surface area contributed by atoms with Gasteiger partial charge in [0.15, 0.2) is 0 Å². The maximum atomic E-state index is 11.9. The molecule has 1 aliphatic heterocycles. The van der Waals surface area contributed by atoms with Gasteiger partial charge in [-0.05, 0) is 32.6 Å². The molecule has 1 rings (SSSR count). The standard InChI is InChI=1S/C12H22N2O2/c1-3-8-13-11(16)14-9-4-6-12(14,2)7-5-10-15/h3,15H,1,4-10H2,2H3,(H,13,16)/t12-/m0/s1. The average Bonchev–Trinajstić information content (AvgIpc) is 2.66. The Morgan fingerprint density at radius 3 is 3.06 bits per heavy atom. The van der Waals surface area contributed by atoms with E-state index in [1.54, 1.807) is 6.08 Å². The molecule has 1 aliphatic rings. The van der Waals surface area contributed by atoms with E-state index < -0.39 is 0 Å². The second kappa shape index (κ2) is 5.89. The van der Waals surface area contributed by atoms with Crippen LogP contribution in [0.5, 0.6) is 0 Å². The van der Waals surface area contributed by atoms with Crippen LogP contribution in [0.3, 0.4) is 0 Å². The van der Waals surface area contributed by atoms with E-state index in [0.29, 0.717) is 6.54 Å². The van der Waals surface area contributed by atoms with Gasteiger partial charge >= 0.3 is 6.03 Å². The fraction of sp³-hybridized carbons (Fsp3) is 0.750. The average molecular weight is 226 g/mol. The number of carbonyl (C=O) groups is 1. The molecule has 4 heteroatoms. The number of hydrogen-bond donors (Lipinski definition) is 2. The molecule has 0 unspecified atom stereocenters. The highest BCUT2D eigenvalue weighted by Gasteiger charge is 2.38. The molecule has 0 aromatic heterocycles. The Bertz CT molecular complexity index is 255. The summed E-state index contributed by atoms with van der Waals surface area (Å²) in [7, 11) is 0. The van der Waals surface area contributed by atoms with E-state index in [-0.39, 0.29) is 18.2 Å². The molecule has 0 bridgehead atoms. The number of nitrogens with zero attached hydrogens (tertiary/aromatic N) is 1. The van der Waals surface area contributed by atoms with Gasteiger partial charge in [0.25, 0.3) is 0 Å². The highest BCUT2D eigenvalue weighted by Crippen LogP contribution is 2.32. The van der Waals surface area contributed by atoms with E-state index in [1.807, 2.05) is 4.90 Å². The van der Waals surface area contributed by atoms with Crippen molar-refractivity contribution in [2.75, 3.05) is 19.7 Å². The van der Waals surface area contributed by atoms with Crippen LogP contribution in [0.2, 0.25) is 0 Å². The van der Waals surface area contributed by atoms with Crippen molar-refractivity contribution >= 4 is 6.03 Å². The van der Waals surface area contributed by atoms with Crippen LogP contribution < -0.4 is 5.32 Å². The Labute approximate surface area is 97.3 Å². The molecule has 16 heavy (non-hydrogen) atoms. The third kappa shape index (κ3) is 2.98. The number of hydrogen-bond acceptors (Lipinski definition) is 2. The minimum Gasteiger partial charge on any atom is -0.396 e. The van der Waals surface area contributed by atoms with Crippen molar-refractivity contribution < 1.29 is 9.90 Å². The maximum absolute atomic E-state index is 11.9. The molecule has 1 saturated heterocycles. The summed E-state index contributed by atoms with van der Waals surface area (Å²) < 4.78 is 0. The van der Waals surface area contributed by atoms with Crippen LogP contribution in [-0.4, -0.2) is 41.3 Å². The normalized spacial score (nSPS) is 24.5. The Hall–Kier alpha value is -1.03. The smallest absolute Gasteiger partial charge is 0.318 e. The zero-order valence-corrected chi connectivity index (χ0v) is 10.0. The van der Waals surface area contributed by atoms with E-state index in [1.165, 1.54) is 0 Å². The molecule has 0 aromatic rings. The summed E-state index contributed by atoms with van der Waals surface area (Å²) >= 11 is 0. The van der Waals surface area contributed by atoms with Gasteiger partial charge in [-0.1, -0.05) is 6.08 Å². The second-order valence-corrected chi connectivity index (χ2v) is 4.55. The minimum absolute atomic E-state index is 0.0159. The highest BCUT2D eigenvalue weighted by molar-refractivity contribution is 5.75. The lowest BCUT2D eigenvalue weighted by atomic mass is 9.93. The Balaban J connectivity index is 2.56. The molecule has 92 valence electrons. The molecular formula is C12H22N2O2. The van der Waals surface area contributed by atoms with Gasteiger partial charge in [-0.3, -0.25) is 0 Å². The molecule has 0 aromatic carbocycles. The minimum atomic E-state index is -0.0893. The summed E-state index contributed by atoms with van der Waals surface area (Å²) in [6.07, 6.45) is 5.36. The number of carbonyl (C=O) groups excluding carboxylic acids is 1. The van der Waals surface area contributed by atoms with Gasteiger partial charge in [-0.2, -0.15) is 0 Å². The zero-order chi connectivity index (χ0) is 12.0. The maximum Gasteiger partial charge on any atom is 0.318 e. The lowest BCUT2D eigenvalue weighted by Crippen LogP contribution is -2.49. The predicted octanol–water partition coefficient (Wildman–Crippen LogP) is 1.51. The van der Waals surface area contributed by atoms with Crippen LogP contribution in [0, 0.1) is 0 Å². The summed E-state index contributed by atoms with van der Waals surface area (Å²) in [6.45, 7) is 7.19. The summed E-state index contributed by atoms with van der Waals surface area (Å²) in [5.74, 6) is 0. The Morgan fingerprint density at radius 1 is 1.69 bits per heavy atom. The van der Waals surface area contributed by atoms with Crippen LogP contribution in [-0.2, 0) is 0 Å². The molecule has 1 atom stereocenters. The molecule has 2 N–H and O–H groups in total. The van der Waals surface area contributed by atoms with E-state index in [4.69, 9.17) is 5.11 Å². The van der Waals surface area contributed by atoms with E-state index in [9.17, 15) is 4.79 Å². The van der Waals surface area contributed by atoms with Gasteiger partial charge in [-0.25, -0.2) is 4.79 Å². The third-order valence-corrected chi connectivity index (χ3v) is 3.26. The van der Waals surface area contributed by atoms with Gasteiger partial charge in [0.1, 0.15) is 0 Å². The van der Waals surface area contributed by atoms with E-state index in [2.05, 4.69) is 18.8 Å². The van der Waals surface area contributed by atoms with E-state index >= 15 is 0 Å². The van der Waals surface area contributed by atoms with Crippen LogP contribution >= 0.6 is 0 Å². The van der Waals surface area contributed by atoms with Gasteiger partial charge in [0.2, 0.25) is 0 Å². The van der Waals surface area contributed by atoms with Crippen molar-refractivity contribution in [3.8, 4) is 0 Å². The van der Waals surface area contributed by atoms with E-state index in [0.717, 1.165) is 32.2 Å². The third-order valence-electron chi connectivity index (χ3n) is 3.26. The first-order valence-corrected chi connectivity index (χ1v) is 5.91. The van der Waals surface area contributed by atoms with Crippen molar-refractivity contribution in [1.29, 1.82) is 0 Å². The quantitative estimate of drug-likeness (QED) is 0.698. The van der Waals surface area contributed by atoms with Gasteiger partial charge in [0.05, 0.1) is 0 Å². The lowest BCUT2D eigenvalue weighted by molar-refractivity contribution is 0.142. The number of aliphatic hydroxyl groups excluding tert-OH is 1. The van der Waals surface area contributed by atoms with Crippen molar-refractivity contribution in [3.63, 3.8) is 0 Å². The number of urea groups is 1. The summed E-state index contributed by atoms with van der Waals surface area (Å²) in [4.78, 5) is 13.8.